The Morgan fingerprint density at radius 1 is 1.36 bits per heavy atom. The summed E-state index contributed by atoms with van der Waals surface area (Å²) >= 11 is 0. The lowest BCUT2D eigenvalue weighted by atomic mass is 10.3. The molecule has 0 aliphatic rings. The number of nitrogens with zero attached hydrogens (tertiary/aromatic N) is 1. The van der Waals surface area contributed by atoms with Gasteiger partial charge in [-0.2, -0.15) is 0 Å². The molecule has 0 heterocycles. The minimum atomic E-state index is 0.646. The minimum Gasteiger partial charge on any atom is -0.494 e. The van der Waals surface area contributed by atoms with Crippen LogP contribution in [0.3, 0.4) is 0 Å². The second-order valence-corrected chi connectivity index (χ2v) is 2.91. The molecule has 1 rings (SSSR count). The number of nitrogens with one attached hydrogen (secondary N) is 1. The second kappa shape index (κ2) is 6.01. The van der Waals surface area contributed by atoms with Crippen molar-refractivity contribution in [3.63, 3.8) is 0 Å². The molecule has 74 valence electrons. The summed E-state index contributed by atoms with van der Waals surface area (Å²) in [6, 6.07) is 7.18. The Bertz CT molecular complexity index is 300. The summed E-state index contributed by atoms with van der Waals surface area (Å²) in [5, 5.41) is 3.05. The molecule has 0 fully saturated rings. The highest BCUT2D eigenvalue weighted by molar-refractivity contribution is 5.46. The van der Waals surface area contributed by atoms with Crippen LogP contribution in [-0.2, 0) is 0 Å². The Morgan fingerprint density at radius 2 is 2.07 bits per heavy atom. The van der Waals surface area contributed by atoms with E-state index >= 15 is 0 Å². The predicted molar refractivity (Wildman–Crippen MR) is 56.7 cm³/mol. The summed E-state index contributed by atoms with van der Waals surface area (Å²) < 4.78 is 5.46. The number of rotatable bonds is 5. The first kappa shape index (κ1) is 10.6. The van der Waals surface area contributed by atoms with Gasteiger partial charge in [-0.25, -0.2) is 4.85 Å². The van der Waals surface area contributed by atoms with Gasteiger partial charge in [0.2, 0.25) is 0 Å². The molecule has 0 unspecified atom stereocenters. The van der Waals surface area contributed by atoms with Crippen molar-refractivity contribution in [1.29, 1.82) is 0 Å². The van der Waals surface area contributed by atoms with E-state index < -0.39 is 0 Å². The fraction of sp³-hybridized carbons (Fsp3) is 0.364. The first-order chi connectivity index (χ1) is 6.86. The maximum atomic E-state index is 6.78. The number of benzene rings is 1. The smallest absolute Gasteiger partial charge is 0.187 e. The van der Waals surface area contributed by atoms with Crippen LogP contribution in [0.15, 0.2) is 24.3 Å². The summed E-state index contributed by atoms with van der Waals surface area (Å²) in [6.07, 6.45) is 0.987. The number of ether oxygens (including phenoxy) is 1. The molecule has 0 amide bonds. The molecule has 14 heavy (non-hydrogen) atoms. The van der Waals surface area contributed by atoms with Gasteiger partial charge < -0.3 is 10.1 Å². The first-order valence-electron chi connectivity index (χ1n) is 4.61. The molecule has 0 aliphatic carbocycles. The zero-order valence-corrected chi connectivity index (χ0v) is 8.29. The quantitative estimate of drug-likeness (QED) is 0.569. The molecule has 3 heteroatoms. The van der Waals surface area contributed by atoms with Gasteiger partial charge in [-0.3, -0.25) is 0 Å². The summed E-state index contributed by atoms with van der Waals surface area (Å²) in [6.45, 7) is 8.45. The van der Waals surface area contributed by atoms with Crippen molar-refractivity contribution >= 4 is 5.69 Å². The van der Waals surface area contributed by atoms with E-state index in [1.165, 1.54) is 0 Å². The molecule has 0 aromatic heterocycles. The Labute approximate surface area is 84.5 Å². The van der Waals surface area contributed by atoms with Gasteiger partial charge in [0.05, 0.1) is 13.2 Å². The molecule has 0 bridgehead atoms. The van der Waals surface area contributed by atoms with Gasteiger partial charge in [0, 0.05) is 0 Å². The fourth-order valence-electron chi connectivity index (χ4n) is 1.06. The van der Waals surface area contributed by atoms with Gasteiger partial charge in [-0.1, -0.05) is 12.1 Å². The van der Waals surface area contributed by atoms with Crippen molar-refractivity contribution in [2.45, 2.75) is 6.42 Å². The molecule has 1 aromatic rings. The summed E-state index contributed by atoms with van der Waals surface area (Å²) in [4.78, 5) is 3.31. The molecule has 0 atom stereocenters. The van der Waals surface area contributed by atoms with Crippen molar-refractivity contribution in [1.82, 2.24) is 5.32 Å². The van der Waals surface area contributed by atoms with Gasteiger partial charge in [0.1, 0.15) is 5.75 Å². The average Bonchev–Trinajstić information content (AvgIpc) is 2.25. The van der Waals surface area contributed by atoms with E-state index in [1.807, 2.05) is 19.2 Å². The lowest BCUT2D eigenvalue weighted by Crippen LogP contribution is -2.11. The topological polar surface area (TPSA) is 25.6 Å². The SMILES string of the molecule is [C-]#[N+]c1ccc(OCCCNC)cc1. The molecular weight excluding hydrogens is 176 g/mol. The maximum absolute atomic E-state index is 6.78. The van der Waals surface area contributed by atoms with E-state index in [1.54, 1.807) is 12.1 Å². The fourth-order valence-corrected chi connectivity index (χ4v) is 1.06. The molecular formula is C11H14N2O. The van der Waals surface area contributed by atoms with Crippen LogP contribution >= 0.6 is 0 Å². The molecule has 1 N–H and O–H groups in total. The van der Waals surface area contributed by atoms with Gasteiger partial charge in [0.15, 0.2) is 5.69 Å². The highest BCUT2D eigenvalue weighted by Crippen LogP contribution is 2.17. The summed E-state index contributed by atoms with van der Waals surface area (Å²) in [5.74, 6) is 0.827. The van der Waals surface area contributed by atoms with Crippen LogP contribution in [0, 0.1) is 6.57 Å². The highest BCUT2D eigenvalue weighted by atomic mass is 16.5. The van der Waals surface area contributed by atoms with Crippen LogP contribution in [0.5, 0.6) is 5.75 Å². The first-order valence-corrected chi connectivity index (χ1v) is 4.61. The van der Waals surface area contributed by atoms with Crippen molar-refractivity contribution in [2.24, 2.45) is 0 Å². The molecule has 0 saturated heterocycles. The Hall–Kier alpha value is -1.53. The Balaban J connectivity index is 2.33. The zero-order chi connectivity index (χ0) is 10.2. The van der Waals surface area contributed by atoms with Crippen LogP contribution in [0.25, 0.3) is 4.85 Å². The number of hydrogen-bond donors (Lipinski definition) is 1. The van der Waals surface area contributed by atoms with Crippen LogP contribution in [-0.4, -0.2) is 20.2 Å². The van der Waals surface area contributed by atoms with E-state index in [9.17, 15) is 0 Å². The van der Waals surface area contributed by atoms with Gasteiger partial charge in [0.25, 0.3) is 0 Å². The third-order valence-electron chi connectivity index (χ3n) is 1.81. The van der Waals surface area contributed by atoms with E-state index in [0.717, 1.165) is 18.7 Å². The van der Waals surface area contributed by atoms with Crippen molar-refractivity contribution in [3.05, 3.63) is 35.7 Å². The Kier molecular flexibility index (Phi) is 4.53. The molecule has 0 aliphatic heterocycles. The monoisotopic (exact) mass is 190 g/mol. The number of hydrogen-bond acceptors (Lipinski definition) is 2. The molecule has 3 nitrogen and oxygen atoms in total. The molecule has 0 spiro atoms. The summed E-state index contributed by atoms with van der Waals surface area (Å²) in [5.41, 5.74) is 0.646. The van der Waals surface area contributed by atoms with E-state index in [4.69, 9.17) is 11.3 Å². The third-order valence-corrected chi connectivity index (χ3v) is 1.81. The van der Waals surface area contributed by atoms with Crippen molar-refractivity contribution in [3.8, 4) is 5.75 Å². The van der Waals surface area contributed by atoms with Gasteiger partial charge >= 0.3 is 0 Å². The van der Waals surface area contributed by atoms with Gasteiger partial charge in [-0.15, -0.1) is 0 Å². The van der Waals surface area contributed by atoms with Crippen LogP contribution in [0.4, 0.5) is 5.69 Å². The highest BCUT2D eigenvalue weighted by Gasteiger charge is 1.93. The van der Waals surface area contributed by atoms with E-state index in [0.29, 0.717) is 12.3 Å². The average molecular weight is 190 g/mol. The van der Waals surface area contributed by atoms with Crippen molar-refractivity contribution in [2.75, 3.05) is 20.2 Å². The van der Waals surface area contributed by atoms with Crippen LogP contribution in [0.1, 0.15) is 6.42 Å². The molecule has 0 radical (unpaired) electrons. The Morgan fingerprint density at radius 3 is 2.64 bits per heavy atom. The lowest BCUT2D eigenvalue weighted by Gasteiger charge is -2.05. The summed E-state index contributed by atoms with van der Waals surface area (Å²) in [7, 11) is 1.92. The molecule has 0 saturated carbocycles. The minimum absolute atomic E-state index is 0.646. The van der Waals surface area contributed by atoms with E-state index in [-0.39, 0.29) is 0 Å². The normalized spacial score (nSPS) is 9.43. The largest absolute Gasteiger partial charge is 0.494 e. The zero-order valence-electron chi connectivity index (χ0n) is 8.29. The standard InChI is InChI=1S/C11H14N2O/c1-12-8-3-9-14-11-6-4-10(13-2)5-7-11/h4-7,12H,3,8-9H2,1H3. The molecule has 1 aromatic carbocycles. The third kappa shape index (κ3) is 3.46. The van der Waals surface area contributed by atoms with E-state index in [2.05, 4.69) is 10.2 Å². The maximum Gasteiger partial charge on any atom is 0.187 e. The lowest BCUT2D eigenvalue weighted by molar-refractivity contribution is 0.310. The van der Waals surface area contributed by atoms with Crippen molar-refractivity contribution < 1.29 is 4.74 Å². The van der Waals surface area contributed by atoms with Crippen LogP contribution in [0.2, 0.25) is 0 Å². The van der Waals surface area contributed by atoms with Crippen LogP contribution < -0.4 is 10.1 Å². The second-order valence-electron chi connectivity index (χ2n) is 2.91. The van der Waals surface area contributed by atoms with Gasteiger partial charge in [-0.05, 0) is 32.1 Å². The predicted octanol–water partition coefficient (Wildman–Crippen LogP) is 2.23.